The van der Waals surface area contributed by atoms with Crippen LogP contribution >= 0.6 is 0 Å². The molecular formula is C20H18N6. The lowest BCUT2D eigenvalue weighted by atomic mass is 10.1. The lowest BCUT2D eigenvalue weighted by Crippen LogP contribution is -2.11. The Bertz CT molecular complexity index is 934. The molecule has 0 amide bonds. The quantitative estimate of drug-likeness (QED) is 0.718. The van der Waals surface area contributed by atoms with Crippen molar-refractivity contribution in [3.05, 3.63) is 71.7 Å². The van der Waals surface area contributed by atoms with E-state index in [2.05, 4.69) is 21.5 Å². The minimum atomic E-state index is 0.531. The van der Waals surface area contributed by atoms with E-state index in [0.29, 0.717) is 25.6 Å². The number of nitriles is 1. The van der Waals surface area contributed by atoms with Crippen molar-refractivity contribution in [1.29, 1.82) is 5.26 Å². The molecule has 0 spiro atoms. The second-order valence-electron chi connectivity index (χ2n) is 6.14. The molecule has 4 rings (SSSR count). The fourth-order valence-electron chi connectivity index (χ4n) is 3.09. The first kappa shape index (κ1) is 16.0. The van der Waals surface area contributed by atoms with Crippen LogP contribution in [0.4, 0.5) is 5.95 Å². The number of rotatable bonds is 5. The number of nitrogens with one attached hydrogen (secondary N) is 1. The van der Waals surface area contributed by atoms with E-state index in [9.17, 15) is 5.26 Å². The molecule has 1 N–H and O–H groups in total. The van der Waals surface area contributed by atoms with Gasteiger partial charge >= 0.3 is 0 Å². The van der Waals surface area contributed by atoms with Gasteiger partial charge in [-0.05, 0) is 12.1 Å². The number of nitrogens with zero attached hydrogens (tertiary/aromatic N) is 5. The molecule has 128 valence electrons. The number of aromatic nitrogens is 3. The van der Waals surface area contributed by atoms with E-state index in [0.717, 1.165) is 34.6 Å². The zero-order valence-electron chi connectivity index (χ0n) is 14.3. The van der Waals surface area contributed by atoms with Crippen molar-refractivity contribution in [3.63, 3.8) is 0 Å². The van der Waals surface area contributed by atoms with E-state index in [-0.39, 0.29) is 0 Å². The first-order chi connectivity index (χ1) is 12.8. The highest BCUT2D eigenvalue weighted by atomic mass is 15.2. The molecule has 0 fully saturated rings. The minimum absolute atomic E-state index is 0.531. The lowest BCUT2D eigenvalue weighted by Gasteiger charge is -2.11. The molecule has 1 aliphatic rings. The third-order valence-corrected chi connectivity index (χ3v) is 4.36. The molecule has 2 aromatic heterocycles. The van der Waals surface area contributed by atoms with Gasteiger partial charge in [0, 0.05) is 36.0 Å². The minimum Gasteiger partial charge on any atom is -0.354 e. The number of fused-ring (bicyclic) bond motifs is 1. The third kappa shape index (κ3) is 3.33. The Hall–Kier alpha value is -3.46. The van der Waals surface area contributed by atoms with E-state index in [4.69, 9.17) is 4.98 Å². The van der Waals surface area contributed by atoms with Gasteiger partial charge in [0.25, 0.3) is 0 Å². The molecule has 6 nitrogen and oxygen atoms in total. The van der Waals surface area contributed by atoms with Crippen molar-refractivity contribution in [1.82, 2.24) is 19.9 Å². The first-order valence-electron chi connectivity index (χ1n) is 8.57. The largest absolute Gasteiger partial charge is 0.354 e. The molecule has 0 radical (unpaired) electrons. The van der Waals surface area contributed by atoms with Crippen LogP contribution in [0.3, 0.4) is 0 Å². The van der Waals surface area contributed by atoms with Crippen molar-refractivity contribution >= 4 is 5.95 Å². The Balaban J connectivity index is 1.59. The van der Waals surface area contributed by atoms with E-state index in [1.165, 1.54) is 0 Å². The van der Waals surface area contributed by atoms with Crippen LogP contribution in [0.2, 0.25) is 0 Å². The Morgan fingerprint density at radius 3 is 2.65 bits per heavy atom. The van der Waals surface area contributed by atoms with E-state index in [1.807, 2.05) is 48.5 Å². The maximum Gasteiger partial charge on any atom is 0.223 e. The van der Waals surface area contributed by atoms with Gasteiger partial charge in [0.15, 0.2) is 6.19 Å². The Kier molecular flexibility index (Phi) is 4.44. The number of pyridine rings is 1. The van der Waals surface area contributed by atoms with Crippen LogP contribution in [0.25, 0.3) is 11.3 Å². The van der Waals surface area contributed by atoms with Gasteiger partial charge in [0.2, 0.25) is 5.95 Å². The summed E-state index contributed by atoms with van der Waals surface area (Å²) in [5.74, 6) is 0.596. The van der Waals surface area contributed by atoms with Crippen molar-refractivity contribution < 1.29 is 0 Å². The predicted octanol–water partition coefficient (Wildman–Crippen LogP) is 2.99. The first-order valence-corrected chi connectivity index (χ1v) is 8.57. The lowest BCUT2D eigenvalue weighted by molar-refractivity contribution is 0.415. The molecule has 1 aliphatic heterocycles. The molecule has 0 saturated carbocycles. The second kappa shape index (κ2) is 7.19. The molecule has 0 bridgehead atoms. The van der Waals surface area contributed by atoms with Crippen LogP contribution in [-0.2, 0) is 19.5 Å². The van der Waals surface area contributed by atoms with Crippen molar-refractivity contribution in [2.24, 2.45) is 0 Å². The Morgan fingerprint density at radius 1 is 1.04 bits per heavy atom. The fraction of sp³-hybridized carbons (Fsp3) is 0.200. The highest BCUT2D eigenvalue weighted by molar-refractivity contribution is 5.66. The van der Waals surface area contributed by atoms with Crippen molar-refractivity contribution in [2.75, 3.05) is 11.9 Å². The SMILES string of the molecule is N#CN1Cc2nc(NCCc3ccccn3)nc(-c3ccccc3)c2C1. The van der Waals surface area contributed by atoms with Gasteiger partial charge in [-0.15, -0.1) is 0 Å². The summed E-state index contributed by atoms with van der Waals surface area (Å²) in [4.78, 5) is 15.4. The summed E-state index contributed by atoms with van der Waals surface area (Å²) in [5.41, 5.74) is 4.92. The van der Waals surface area contributed by atoms with Gasteiger partial charge in [0.1, 0.15) is 0 Å². The van der Waals surface area contributed by atoms with E-state index < -0.39 is 0 Å². The van der Waals surface area contributed by atoms with E-state index in [1.54, 1.807) is 11.1 Å². The van der Waals surface area contributed by atoms with Crippen LogP contribution in [0.5, 0.6) is 0 Å². The molecule has 26 heavy (non-hydrogen) atoms. The van der Waals surface area contributed by atoms with Crippen molar-refractivity contribution in [2.45, 2.75) is 19.5 Å². The summed E-state index contributed by atoms with van der Waals surface area (Å²) in [6.45, 7) is 1.79. The molecule has 6 heteroatoms. The van der Waals surface area contributed by atoms with Gasteiger partial charge in [-0.1, -0.05) is 36.4 Å². The smallest absolute Gasteiger partial charge is 0.223 e. The maximum atomic E-state index is 9.24. The Labute approximate surface area is 152 Å². The normalized spacial score (nSPS) is 12.5. The molecule has 0 saturated heterocycles. The van der Waals surface area contributed by atoms with Crippen LogP contribution in [0.1, 0.15) is 17.0 Å². The van der Waals surface area contributed by atoms with Gasteiger partial charge in [-0.2, -0.15) is 5.26 Å². The average Bonchev–Trinajstić information content (AvgIpc) is 3.12. The van der Waals surface area contributed by atoms with Crippen LogP contribution in [0.15, 0.2) is 54.7 Å². The topological polar surface area (TPSA) is 77.7 Å². The molecule has 1 aromatic carbocycles. The Morgan fingerprint density at radius 2 is 1.88 bits per heavy atom. The van der Waals surface area contributed by atoms with Gasteiger partial charge in [0.05, 0.1) is 24.5 Å². The highest BCUT2D eigenvalue weighted by Crippen LogP contribution is 2.30. The van der Waals surface area contributed by atoms with E-state index >= 15 is 0 Å². The molecule has 0 unspecified atom stereocenters. The predicted molar refractivity (Wildman–Crippen MR) is 98.8 cm³/mol. The summed E-state index contributed by atoms with van der Waals surface area (Å²) < 4.78 is 0. The van der Waals surface area contributed by atoms with Gasteiger partial charge in [-0.3, -0.25) is 4.98 Å². The van der Waals surface area contributed by atoms with Crippen LogP contribution in [0, 0.1) is 11.5 Å². The monoisotopic (exact) mass is 342 g/mol. The summed E-state index contributed by atoms with van der Waals surface area (Å²) in [5, 5.41) is 12.5. The standard InChI is InChI=1S/C20H18N6/c21-14-26-12-17-18(13-26)24-20(23-11-9-16-8-4-5-10-22-16)25-19(17)15-6-2-1-3-7-15/h1-8,10H,9,11-13H2,(H,23,24,25). The molecule has 0 atom stereocenters. The number of anilines is 1. The number of hydrogen-bond acceptors (Lipinski definition) is 6. The number of benzene rings is 1. The number of hydrogen-bond donors (Lipinski definition) is 1. The zero-order chi connectivity index (χ0) is 17.8. The maximum absolute atomic E-state index is 9.24. The van der Waals surface area contributed by atoms with Crippen LogP contribution < -0.4 is 5.32 Å². The fourth-order valence-corrected chi connectivity index (χ4v) is 3.09. The summed E-state index contributed by atoms with van der Waals surface area (Å²) in [6, 6.07) is 15.9. The average molecular weight is 342 g/mol. The molecule has 3 heterocycles. The molecular weight excluding hydrogens is 324 g/mol. The van der Waals surface area contributed by atoms with Gasteiger partial charge < -0.3 is 10.2 Å². The second-order valence-corrected chi connectivity index (χ2v) is 6.14. The summed E-state index contributed by atoms with van der Waals surface area (Å²) in [6.07, 6.45) is 4.81. The summed E-state index contributed by atoms with van der Waals surface area (Å²) >= 11 is 0. The van der Waals surface area contributed by atoms with Crippen LogP contribution in [-0.4, -0.2) is 26.4 Å². The molecule has 3 aromatic rings. The summed E-state index contributed by atoms with van der Waals surface area (Å²) in [7, 11) is 0. The van der Waals surface area contributed by atoms with Gasteiger partial charge in [-0.25, -0.2) is 9.97 Å². The van der Waals surface area contributed by atoms with Crippen molar-refractivity contribution in [3.8, 4) is 17.5 Å². The third-order valence-electron chi connectivity index (χ3n) is 4.36. The highest BCUT2D eigenvalue weighted by Gasteiger charge is 2.25. The molecule has 0 aliphatic carbocycles. The zero-order valence-corrected chi connectivity index (χ0v) is 14.3.